The Labute approximate surface area is 154 Å². The van der Waals surface area contributed by atoms with E-state index in [9.17, 15) is 13.2 Å². The van der Waals surface area contributed by atoms with E-state index in [1.807, 2.05) is 12.1 Å². The number of amides is 1. The van der Waals surface area contributed by atoms with E-state index in [-0.39, 0.29) is 36.6 Å². The molecule has 3 rings (SSSR count). The molecule has 1 saturated heterocycles. The maximum atomic E-state index is 12.7. The summed E-state index contributed by atoms with van der Waals surface area (Å²) in [5.74, 6) is 1.02. The summed E-state index contributed by atoms with van der Waals surface area (Å²) in [4.78, 5) is 14.2. The Morgan fingerprint density at radius 1 is 1.28 bits per heavy atom. The van der Waals surface area contributed by atoms with E-state index in [4.69, 9.17) is 9.15 Å². The fourth-order valence-corrected chi connectivity index (χ4v) is 4.77. The van der Waals surface area contributed by atoms with Gasteiger partial charge in [0.15, 0.2) is 16.4 Å². The summed E-state index contributed by atoms with van der Waals surface area (Å²) in [6.45, 7) is 0.0780. The number of benzene rings is 1. The summed E-state index contributed by atoms with van der Waals surface area (Å²) >= 11 is 3.34. The zero-order valence-corrected chi connectivity index (χ0v) is 15.8. The van der Waals surface area contributed by atoms with Crippen molar-refractivity contribution in [3.05, 3.63) is 52.9 Å². The quantitative estimate of drug-likeness (QED) is 0.707. The lowest BCUT2D eigenvalue weighted by molar-refractivity contribution is -0.136. The Morgan fingerprint density at radius 2 is 2.04 bits per heavy atom. The fraction of sp³-hybridized carbons (Fsp3) is 0.353. The molecule has 0 saturated carbocycles. The molecule has 2 aromatic rings. The monoisotopic (exact) mass is 427 g/mol. The van der Waals surface area contributed by atoms with Gasteiger partial charge >= 0.3 is 0 Å². The molecular formula is C17H18BrNO5S. The van der Waals surface area contributed by atoms with E-state index in [2.05, 4.69) is 15.9 Å². The lowest BCUT2D eigenvalue weighted by atomic mass is 10.2. The second-order valence-corrected chi connectivity index (χ2v) is 9.04. The Kier molecular flexibility index (Phi) is 5.48. The number of rotatable bonds is 6. The van der Waals surface area contributed by atoms with Crippen LogP contribution in [0.5, 0.6) is 5.75 Å². The number of sulfone groups is 1. The Bertz CT molecular complexity index is 817. The number of carbonyl (C=O) groups is 1. The molecule has 1 aromatic carbocycles. The number of nitrogens with zero attached hydrogens (tertiary/aromatic N) is 1. The number of carbonyl (C=O) groups excluding carboxylic acids is 1. The zero-order chi connectivity index (χ0) is 17.9. The number of ether oxygens (including phenoxy) is 1. The van der Waals surface area contributed by atoms with Gasteiger partial charge in [0.05, 0.1) is 24.3 Å². The zero-order valence-electron chi connectivity index (χ0n) is 13.4. The van der Waals surface area contributed by atoms with Crippen LogP contribution in [0.25, 0.3) is 0 Å². The topological polar surface area (TPSA) is 76.8 Å². The van der Waals surface area contributed by atoms with Gasteiger partial charge in [0.2, 0.25) is 0 Å². The first-order valence-electron chi connectivity index (χ1n) is 7.83. The van der Waals surface area contributed by atoms with Gasteiger partial charge in [-0.25, -0.2) is 8.42 Å². The van der Waals surface area contributed by atoms with Crippen molar-refractivity contribution >= 4 is 31.7 Å². The Morgan fingerprint density at radius 3 is 2.64 bits per heavy atom. The third-order valence-corrected chi connectivity index (χ3v) is 6.33. The van der Waals surface area contributed by atoms with Gasteiger partial charge < -0.3 is 14.1 Å². The molecule has 2 heterocycles. The molecule has 0 radical (unpaired) electrons. The summed E-state index contributed by atoms with van der Waals surface area (Å²) in [6, 6.07) is 10.3. The average molecular weight is 428 g/mol. The molecule has 1 aromatic heterocycles. The first-order valence-corrected chi connectivity index (χ1v) is 10.4. The summed E-state index contributed by atoms with van der Waals surface area (Å²) in [7, 11) is -3.10. The van der Waals surface area contributed by atoms with E-state index in [1.54, 1.807) is 29.2 Å². The number of hydrogen-bond donors (Lipinski definition) is 0. The highest BCUT2D eigenvalue weighted by atomic mass is 79.9. The lowest BCUT2D eigenvalue weighted by Crippen LogP contribution is -2.43. The van der Waals surface area contributed by atoms with Crippen molar-refractivity contribution in [2.75, 3.05) is 18.1 Å². The van der Waals surface area contributed by atoms with Crippen LogP contribution in [0.2, 0.25) is 0 Å². The average Bonchev–Trinajstić information content (AvgIpc) is 3.21. The van der Waals surface area contributed by atoms with Crippen LogP contribution < -0.4 is 4.74 Å². The van der Waals surface area contributed by atoms with E-state index >= 15 is 0 Å². The highest BCUT2D eigenvalue weighted by molar-refractivity contribution is 9.10. The van der Waals surface area contributed by atoms with Crippen LogP contribution in [-0.2, 0) is 21.2 Å². The third kappa shape index (κ3) is 4.85. The van der Waals surface area contributed by atoms with Crippen LogP contribution in [0.3, 0.4) is 0 Å². The molecule has 0 spiro atoms. The SMILES string of the molecule is O=C(COc1ccc(Br)cc1)N(Cc1ccco1)[C@H]1CCS(=O)(=O)C1. The summed E-state index contributed by atoms with van der Waals surface area (Å²) in [5, 5.41) is 0. The van der Waals surface area contributed by atoms with E-state index < -0.39 is 9.84 Å². The van der Waals surface area contributed by atoms with E-state index in [1.165, 1.54) is 6.26 Å². The lowest BCUT2D eigenvalue weighted by Gasteiger charge is -2.27. The van der Waals surface area contributed by atoms with Gasteiger partial charge in [0.1, 0.15) is 11.5 Å². The second kappa shape index (κ2) is 7.61. The van der Waals surface area contributed by atoms with Crippen LogP contribution in [0.15, 0.2) is 51.6 Å². The van der Waals surface area contributed by atoms with Crippen molar-refractivity contribution in [2.24, 2.45) is 0 Å². The molecule has 1 aliphatic heterocycles. The largest absolute Gasteiger partial charge is 0.484 e. The first-order chi connectivity index (χ1) is 11.9. The summed E-state index contributed by atoms with van der Waals surface area (Å²) in [6.07, 6.45) is 1.97. The summed E-state index contributed by atoms with van der Waals surface area (Å²) in [5.41, 5.74) is 0. The van der Waals surface area contributed by atoms with Crippen LogP contribution in [0.1, 0.15) is 12.2 Å². The van der Waals surface area contributed by atoms with E-state index in [0.29, 0.717) is 17.9 Å². The maximum absolute atomic E-state index is 12.7. The minimum absolute atomic E-state index is 0.0161. The molecule has 1 fully saturated rings. The minimum Gasteiger partial charge on any atom is -0.484 e. The molecule has 0 N–H and O–H groups in total. The smallest absolute Gasteiger partial charge is 0.261 e. The predicted octanol–water partition coefficient (Wildman–Crippen LogP) is 2.64. The molecule has 25 heavy (non-hydrogen) atoms. The molecule has 6 nitrogen and oxygen atoms in total. The molecule has 134 valence electrons. The van der Waals surface area contributed by atoms with Crippen LogP contribution in [0.4, 0.5) is 0 Å². The molecule has 0 aliphatic carbocycles. The molecule has 1 amide bonds. The Balaban J connectivity index is 1.69. The second-order valence-electron chi connectivity index (χ2n) is 5.90. The van der Waals surface area contributed by atoms with Crippen molar-refractivity contribution in [1.29, 1.82) is 0 Å². The fourth-order valence-electron chi connectivity index (χ4n) is 2.77. The van der Waals surface area contributed by atoms with Gasteiger partial charge in [0, 0.05) is 10.5 Å². The molecule has 0 unspecified atom stereocenters. The number of furan rings is 1. The first kappa shape index (κ1) is 18.0. The molecular weight excluding hydrogens is 410 g/mol. The molecule has 0 bridgehead atoms. The van der Waals surface area contributed by atoms with Crippen molar-refractivity contribution in [3.63, 3.8) is 0 Å². The normalized spacial score (nSPS) is 18.8. The van der Waals surface area contributed by atoms with Gasteiger partial charge in [-0.05, 0) is 42.8 Å². The van der Waals surface area contributed by atoms with Crippen molar-refractivity contribution in [2.45, 2.75) is 19.0 Å². The molecule has 1 atom stereocenters. The minimum atomic E-state index is -3.10. The summed E-state index contributed by atoms with van der Waals surface area (Å²) < 4.78 is 35.3. The standard InChI is InChI=1S/C17H18BrNO5S/c18-13-3-5-15(6-4-13)24-11-17(20)19(10-16-2-1-8-23-16)14-7-9-25(21,22)12-14/h1-6,8,14H,7,9-12H2/t14-/m0/s1. The third-order valence-electron chi connectivity index (χ3n) is 4.05. The molecule has 8 heteroatoms. The number of hydrogen-bond acceptors (Lipinski definition) is 5. The van der Waals surface area contributed by atoms with E-state index in [0.717, 1.165) is 4.47 Å². The maximum Gasteiger partial charge on any atom is 0.261 e. The number of halogens is 1. The highest BCUT2D eigenvalue weighted by Gasteiger charge is 2.35. The van der Waals surface area contributed by atoms with Gasteiger partial charge in [-0.2, -0.15) is 0 Å². The van der Waals surface area contributed by atoms with Gasteiger partial charge in [-0.1, -0.05) is 15.9 Å². The predicted molar refractivity (Wildman–Crippen MR) is 96.0 cm³/mol. The van der Waals surface area contributed by atoms with Crippen molar-refractivity contribution < 1.29 is 22.4 Å². The highest BCUT2D eigenvalue weighted by Crippen LogP contribution is 2.21. The van der Waals surface area contributed by atoms with Crippen LogP contribution >= 0.6 is 15.9 Å². The van der Waals surface area contributed by atoms with Crippen LogP contribution in [0, 0.1) is 0 Å². The van der Waals surface area contributed by atoms with Crippen molar-refractivity contribution in [3.8, 4) is 5.75 Å². The van der Waals surface area contributed by atoms with Crippen LogP contribution in [-0.4, -0.2) is 43.4 Å². The van der Waals surface area contributed by atoms with Crippen molar-refractivity contribution in [1.82, 2.24) is 4.90 Å². The van der Waals surface area contributed by atoms with Gasteiger partial charge in [0.25, 0.3) is 5.91 Å². The Hall–Kier alpha value is -1.80. The molecule has 1 aliphatic rings. The van der Waals surface area contributed by atoms with Gasteiger partial charge in [-0.3, -0.25) is 4.79 Å². The van der Waals surface area contributed by atoms with Gasteiger partial charge in [-0.15, -0.1) is 0 Å².